The number of nitrogens with one attached hydrogen (secondary N) is 1. The Bertz CT molecular complexity index is 1070. The van der Waals surface area contributed by atoms with Gasteiger partial charge in [-0.15, -0.1) is 0 Å². The van der Waals surface area contributed by atoms with Crippen LogP contribution in [0.3, 0.4) is 0 Å². The molecule has 0 aliphatic carbocycles. The van der Waals surface area contributed by atoms with Crippen molar-refractivity contribution in [3.05, 3.63) is 95.0 Å². The summed E-state index contributed by atoms with van der Waals surface area (Å²) in [5.41, 5.74) is 9.55. The van der Waals surface area contributed by atoms with E-state index in [1.165, 1.54) is 0 Å². The fourth-order valence-corrected chi connectivity index (χ4v) is 3.71. The second-order valence-electron chi connectivity index (χ2n) is 7.84. The molecule has 178 valence electrons. The Morgan fingerprint density at radius 2 is 1.65 bits per heavy atom. The normalized spacial score (nSPS) is 12.6. The van der Waals surface area contributed by atoms with Gasteiger partial charge in [-0.1, -0.05) is 78.3 Å². The minimum absolute atomic E-state index is 0.0468. The van der Waals surface area contributed by atoms with Gasteiger partial charge in [-0.3, -0.25) is 14.9 Å². The van der Waals surface area contributed by atoms with Crippen LogP contribution in [-0.4, -0.2) is 37.2 Å². The Morgan fingerprint density at radius 3 is 2.29 bits per heavy atom. The predicted molar refractivity (Wildman–Crippen MR) is 133 cm³/mol. The SMILES string of the molecule is CCOC(=O)C(COCc1ccccc1)NC(Cc1ccc(-c2cccc(Cl)c2)cc1)C(N)=O. The van der Waals surface area contributed by atoms with Crippen LogP contribution in [0, 0.1) is 0 Å². The van der Waals surface area contributed by atoms with Crippen molar-refractivity contribution in [2.24, 2.45) is 5.73 Å². The summed E-state index contributed by atoms with van der Waals surface area (Å²) in [4.78, 5) is 24.7. The van der Waals surface area contributed by atoms with Gasteiger partial charge in [0.15, 0.2) is 0 Å². The van der Waals surface area contributed by atoms with Crippen molar-refractivity contribution >= 4 is 23.5 Å². The molecule has 0 aliphatic rings. The summed E-state index contributed by atoms with van der Waals surface area (Å²) >= 11 is 6.09. The van der Waals surface area contributed by atoms with Gasteiger partial charge in [0.05, 0.1) is 25.9 Å². The van der Waals surface area contributed by atoms with Gasteiger partial charge in [-0.25, -0.2) is 0 Å². The average molecular weight is 481 g/mol. The number of amides is 1. The van der Waals surface area contributed by atoms with Crippen molar-refractivity contribution in [1.82, 2.24) is 5.32 Å². The van der Waals surface area contributed by atoms with E-state index >= 15 is 0 Å². The minimum Gasteiger partial charge on any atom is -0.465 e. The Hall–Kier alpha value is -3.19. The first-order valence-electron chi connectivity index (χ1n) is 11.1. The zero-order valence-electron chi connectivity index (χ0n) is 19.1. The highest BCUT2D eigenvalue weighted by Gasteiger charge is 2.26. The molecule has 0 bridgehead atoms. The summed E-state index contributed by atoms with van der Waals surface area (Å²) in [7, 11) is 0. The highest BCUT2D eigenvalue weighted by Crippen LogP contribution is 2.23. The topological polar surface area (TPSA) is 90.7 Å². The molecule has 2 unspecified atom stereocenters. The first kappa shape index (κ1) is 25.4. The zero-order chi connectivity index (χ0) is 24.3. The maximum absolute atomic E-state index is 12.5. The highest BCUT2D eigenvalue weighted by molar-refractivity contribution is 6.30. The number of primary amides is 1. The molecule has 0 heterocycles. The summed E-state index contributed by atoms with van der Waals surface area (Å²) < 4.78 is 10.9. The van der Waals surface area contributed by atoms with Crippen LogP contribution in [-0.2, 0) is 32.1 Å². The van der Waals surface area contributed by atoms with Gasteiger partial charge in [0.2, 0.25) is 5.91 Å². The van der Waals surface area contributed by atoms with Gasteiger partial charge < -0.3 is 15.2 Å². The van der Waals surface area contributed by atoms with Gasteiger partial charge in [0.25, 0.3) is 0 Å². The number of carbonyl (C=O) groups is 2. The third-order valence-electron chi connectivity index (χ3n) is 5.26. The van der Waals surface area contributed by atoms with Crippen LogP contribution < -0.4 is 11.1 Å². The molecule has 0 aliphatic heterocycles. The van der Waals surface area contributed by atoms with Crippen molar-refractivity contribution in [1.29, 1.82) is 0 Å². The van der Waals surface area contributed by atoms with Gasteiger partial charge in [-0.2, -0.15) is 0 Å². The van der Waals surface area contributed by atoms with Crippen LogP contribution in [0.4, 0.5) is 0 Å². The van der Waals surface area contributed by atoms with E-state index in [1.54, 1.807) is 6.92 Å². The first-order valence-corrected chi connectivity index (χ1v) is 11.5. The lowest BCUT2D eigenvalue weighted by Gasteiger charge is -2.23. The summed E-state index contributed by atoms with van der Waals surface area (Å²) in [5.74, 6) is -1.05. The van der Waals surface area contributed by atoms with Gasteiger partial charge >= 0.3 is 5.97 Å². The maximum atomic E-state index is 12.5. The average Bonchev–Trinajstić information content (AvgIpc) is 2.84. The van der Waals surface area contributed by atoms with Crippen molar-refractivity contribution in [3.63, 3.8) is 0 Å². The van der Waals surface area contributed by atoms with Crippen molar-refractivity contribution < 1.29 is 19.1 Å². The highest BCUT2D eigenvalue weighted by atomic mass is 35.5. The lowest BCUT2D eigenvalue weighted by Crippen LogP contribution is -2.52. The number of benzene rings is 3. The molecule has 34 heavy (non-hydrogen) atoms. The van der Waals surface area contributed by atoms with Crippen LogP contribution in [0.25, 0.3) is 11.1 Å². The second kappa shape index (κ2) is 12.9. The third-order valence-corrected chi connectivity index (χ3v) is 5.50. The van der Waals surface area contributed by atoms with Crippen LogP contribution in [0.1, 0.15) is 18.1 Å². The van der Waals surface area contributed by atoms with Crippen LogP contribution in [0.2, 0.25) is 5.02 Å². The number of hydrogen-bond donors (Lipinski definition) is 2. The lowest BCUT2D eigenvalue weighted by atomic mass is 10.00. The van der Waals surface area contributed by atoms with Gasteiger partial charge in [0, 0.05) is 5.02 Å². The zero-order valence-corrected chi connectivity index (χ0v) is 19.8. The van der Waals surface area contributed by atoms with Crippen LogP contribution in [0.5, 0.6) is 0 Å². The van der Waals surface area contributed by atoms with Gasteiger partial charge in [0.1, 0.15) is 6.04 Å². The number of carbonyl (C=O) groups excluding carboxylic acids is 2. The fraction of sp³-hybridized carbons (Fsp3) is 0.259. The molecule has 3 rings (SSSR count). The number of halogens is 1. The molecule has 0 radical (unpaired) electrons. The van der Waals surface area contributed by atoms with Gasteiger partial charge in [-0.05, 0) is 47.7 Å². The van der Waals surface area contributed by atoms with Crippen LogP contribution in [0.15, 0.2) is 78.9 Å². The Morgan fingerprint density at radius 1 is 0.912 bits per heavy atom. The molecule has 0 spiro atoms. The molecule has 1 amide bonds. The number of esters is 1. The molecule has 6 nitrogen and oxygen atoms in total. The second-order valence-corrected chi connectivity index (χ2v) is 8.27. The summed E-state index contributed by atoms with van der Waals surface area (Å²) in [6, 6.07) is 23.4. The van der Waals surface area contributed by atoms with E-state index < -0.39 is 24.0 Å². The number of rotatable bonds is 12. The number of hydrogen-bond acceptors (Lipinski definition) is 5. The molecule has 0 saturated carbocycles. The Balaban J connectivity index is 1.66. The molecule has 3 N–H and O–H groups in total. The molecule has 0 aromatic heterocycles. The Kier molecular flexibility index (Phi) is 9.64. The van der Waals surface area contributed by atoms with E-state index in [2.05, 4.69) is 5.32 Å². The number of ether oxygens (including phenoxy) is 2. The summed E-state index contributed by atoms with van der Waals surface area (Å²) in [6.45, 7) is 2.34. The Labute approximate surface area is 205 Å². The molecule has 0 saturated heterocycles. The fourth-order valence-electron chi connectivity index (χ4n) is 3.52. The molecule has 0 fully saturated rings. The molecule has 7 heteroatoms. The molecule has 3 aromatic rings. The van der Waals surface area contributed by atoms with E-state index in [0.717, 1.165) is 22.3 Å². The van der Waals surface area contributed by atoms with E-state index in [9.17, 15) is 9.59 Å². The van der Waals surface area contributed by atoms with Crippen molar-refractivity contribution in [2.45, 2.75) is 32.0 Å². The third kappa shape index (κ3) is 7.70. The van der Waals surface area contributed by atoms with Crippen molar-refractivity contribution in [3.8, 4) is 11.1 Å². The lowest BCUT2D eigenvalue weighted by molar-refractivity contribution is -0.148. The predicted octanol–water partition coefficient (Wildman–Crippen LogP) is 4.14. The molecule has 2 atom stereocenters. The quantitative estimate of drug-likeness (QED) is 0.380. The monoisotopic (exact) mass is 480 g/mol. The summed E-state index contributed by atoms with van der Waals surface area (Å²) in [5, 5.41) is 3.70. The van der Waals surface area contributed by atoms with E-state index in [1.807, 2.05) is 78.9 Å². The largest absolute Gasteiger partial charge is 0.465 e. The summed E-state index contributed by atoms with van der Waals surface area (Å²) in [6.07, 6.45) is 0.319. The molecule has 3 aromatic carbocycles. The maximum Gasteiger partial charge on any atom is 0.325 e. The first-order chi connectivity index (χ1) is 16.5. The van der Waals surface area contributed by atoms with Crippen LogP contribution >= 0.6 is 11.6 Å². The van der Waals surface area contributed by atoms with E-state index in [-0.39, 0.29) is 13.2 Å². The smallest absolute Gasteiger partial charge is 0.325 e. The molecular formula is C27H29ClN2O4. The van der Waals surface area contributed by atoms with E-state index in [0.29, 0.717) is 18.1 Å². The van der Waals surface area contributed by atoms with E-state index in [4.69, 9.17) is 26.8 Å². The van der Waals surface area contributed by atoms with Crippen molar-refractivity contribution in [2.75, 3.05) is 13.2 Å². The molecular weight excluding hydrogens is 452 g/mol. The minimum atomic E-state index is -0.827. The number of nitrogens with two attached hydrogens (primary N) is 1. The standard InChI is InChI=1S/C27H29ClN2O4/c1-2-34-27(32)25(18-33-17-20-7-4-3-5-8-20)30-24(26(29)31)15-19-11-13-21(14-12-19)22-9-6-10-23(28)16-22/h3-14,16,24-25,30H,2,15,17-18H2,1H3,(H2,29,31).